The van der Waals surface area contributed by atoms with Gasteiger partial charge in [-0.05, 0) is 44.1 Å². The Morgan fingerprint density at radius 2 is 2.04 bits per heavy atom. The third kappa shape index (κ3) is 6.03. The summed E-state index contributed by atoms with van der Waals surface area (Å²) < 4.78 is 6.44. The van der Waals surface area contributed by atoms with Gasteiger partial charge in [0.05, 0.1) is 7.11 Å². The zero-order chi connectivity index (χ0) is 16.5. The van der Waals surface area contributed by atoms with E-state index in [1.54, 1.807) is 14.2 Å². The third-order valence-corrected chi connectivity index (χ3v) is 4.57. The number of nitrogens with one attached hydrogen (secondary N) is 2. The number of methoxy groups -OCH3 is 1. The van der Waals surface area contributed by atoms with Crippen LogP contribution in [0.5, 0.6) is 5.75 Å². The van der Waals surface area contributed by atoms with E-state index in [-0.39, 0.29) is 0 Å². The Balaban J connectivity index is 1.77. The van der Waals surface area contributed by atoms with Crippen LogP contribution in [0.1, 0.15) is 24.8 Å². The van der Waals surface area contributed by atoms with Crippen molar-refractivity contribution in [2.75, 3.05) is 40.3 Å². The van der Waals surface area contributed by atoms with Crippen LogP contribution in [0.15, 0.2) is 27.7 Å². The molecule has 1 aromatic rings. The number of benzene rings is 1. The average Bonchev–Trinajstić information content (AvgIpc) is 2.59. The molecule has 0 amide bonds. The molecular weight excluding hydrogens is 356 g/mol. The van der Waals surface area contributed by atoms with Crippen LogP contribution >= 0.6 is 15.9 Å². The number of ether oxygens (including phenoxy) is 1. The molecule has 5 nitrogen and oxygen atoms in total. The molecule has 1 saturated heterocycles. The smallest absolute Gasteiger partial charge is 0.191 e. The Bertz CT molecular complexity index is 515. The van der Waals surface area contributed by atoms with Gasteiger partial charge in [-0.1, -0.05) is 22.4 Å². The standard InChI is InChI=1S/C17H27BrN4O/c1-19-17(20-8-11-22-9-4-3-5-10-22)21-13-14-12-15(18)6-7-16(14)23-2/h6-7,12H,3-5,8-11,13H2,1-2H3,(H2,19,20,21). The van der Waals surface area contributed by atoms with E-state index in [1.165, 1.54) is 32.4 Å². The minimum absolute atomic E-state index is 0.673. The monoisotopic (exact) mass is 382 g/mol. The van der Waals surface area contributed by atoms with Gasteiger partial charge < -0.3 is 20.3 Å². The van der Waals surface area contributed by atoms with Crippen LogP contribution in [0.3, 0.4) is 0 Å². The zero-order valence-corrected chi connectivity index (χ0v) is 15.7. The van der Waals surface area contributed by atoms with E-state index in [1.807, 2.05) is 12.1 Å². The van der Waals surface area contributed by atoms with E-state index >= 15 is 0 Å². The molecule has 1 aliphatic rings. The fraction of sp³-hybridized carbons (Fsp3) is 0.588. The lowest BCUT2D eigenvalue weighted by Gasteiger charge is -2.26. The summed E-state index contributed by atoms with van der Waals surface area (Å²) in [5.41, 5.74) is 1.10. The summed E-state index contributed by atoms with van der Waals surface area (Å²) >= 11 is 3.50. The zero-order valence-electron chi connectivity index (χ0n) is 14.1. The highest BCUT2D eigenvalue weighted by atomic mass is 79.9. The number of rotatable bonds is 6. The number of likely N-dealkylation sites (tertiary alicyclic amines) is 1. The van der Waals surface area contributed by atoms with Crippen molar-refractivity contribution in [1.29, 1.82) is 0 Å². The molecule has 0 radical (unpaired) electrons. The molecule has 0 spiro atoms. The molecule has 2 rings (SSSR count). The first-order chi connectivity index (χ1) is 11.2. The maximum atomic E-state index is 5.40. The predicted octanol–water partition coefficient (Wildman–Crippen LogP) is 2.61. The van der Waals surface area contributed by atoms with E-state index in [9.17, 15) is 0 Å². The highest BCUT2D eigenvalue weighted by Gasteiger charge is 2.10. The van der Waals surface area contributed by atoms with Crippen molar-refractivity contribution in [3.8, 4) is 5.75 Å². The minimum atomic E-state index is 0.673. The number of nitrogens with zero attached hydrogens (tertiary/aromatic N) is 2. The summed E-state index contributed by atoms with van der Waals surface area (Å²) in [5, 5.41) is 6.73. The van der Waals surface area contributed by atoms with Crippen LogP contribution in [-0.4, -0.2) is 51.2 Å². The highest BCUT2D eigenvalue weighted by molar-refractivity contribution is 9.10. The minimum Gasteiger partial charge on any atom is -0.496 e. The van der Waals surface area contributed by atoms with Gasteiger partial charge in [-0.2, -0.15) is 0 Å². The fourth-order valence-electron chi connectivity index (χ4n) is 2.80. The van der Waals surface area contributed by atoms with Crippen LogP contribution in [0.4, 0.5) is 0 Å². The average molecular weight is 383 g/mol. The fourth-order valence-corrected chi connectivity index (χ4v) is 3.21. The number of guanidine groups is 1. The Morgan fingerprint density at radius 3 is 2.74 bits per heavy atom. The number of aliphatic imine (C=N–C) groups is 1. The SMILES string of the molecule is CN=C(NCCN1CCCCC1)NCc1cc(Br)ccc1OC. The van der Waals surface area contributed by atoms with Crippen molar-refractivity contribution in [1.82, 2.24) is 15.5 Å². The van der Waals surface area contributed by atoms with Gasteiger partial charge in [-0.25, -0.2) is 0 Å². The van der Waals surface area contributed by atoms with Gasteiger partial charge in [-0.3, -0.25) is 4.99 Å². The van der Waals surface area contributed by atoms with Crippen LogP contribution in [0, 0.1) is 0 Å². The Morgan fingerprint density at radius 1 is 1.26 bits per heavy atom. The second-order valence-electron chi connectivity index (χ2n) is 5.71. The first kappa shape index (κ1) is 18.1. The second-order valence-corrected chi connectivity index (χ2v) is 6.63. The molecule has 0 aliphatic carbocycles. The Labute approximate surface area is 147 Å². The second kappa shape index (κ2) is 9.78. The van der Waals surface area contributed by atoms with Crippen molar-refractivity contribution in [3.05, 3.63) is 28.2 Å². The molecule has 2 N–H and O–H groups in total. The van der Waals surface area contributed by atoms with Gasteiger partial charge in [0.1, 0.15) is 5.75 Å². The summed E-state index contributed by atoms with van der Waals surface area (Å²) in [7, 11) is 3.49. The van der Waals surface area contributed by atoms with Gasteiger partial charge in [0, 0.05) is 36.7 Å². The van der Waals surface area contributed by atoms with Crippen LogP contribution < -0.4 is 15.4 Å². The molecule has 0 bridgehead atoms. The molecule has 0 saturated carbocycles. The lowest BCUT2D eigenvalue weighted by molar-refractivity contribution is 0.232. The Kier molecular flexibility index (Phi) is 7.68. The maximum Gasteiger partial charge on any atom is 0.191 e. The summed E-state index contributed by atoms with van der Waals surface area (Å²) in [4.78, 5) is 6.80. The lowest BCUT2D eigenvalue weighted by atomic mass is 10.1. The van der Waals surface area contributed by atoms with Crippen molar-refractivity contribution in [2.24, 2.45) is 4.99 Å². The van der Waals surface area contributed by atoms with E-state index in [2.05, 4.69) is 42.5 Å². The quantitative estimate of drug-likeness (QED) is 0.586. The summed E-state index contributed by atoms with van der Waals surface area (Å²) in [5.74, 6) is 1.70. The molecule has 23 heavy (non-hydrogen) atoms. The van der Waals surface area contributed by atoms with Crippen molar-refractivity contribution < 1.29 is 4.74 Å². The molecule has 1 aromatic carbocycles. The van der Waals surface area contributed by atoms with Gasteiger partial charge in [0.25, 0.3) is 0 Å². The lowest BCUT2D eigenvalue weighted by Crippen LogP contribution is -2.42. The van der Waals surface area contributed by atoms with Gasteiger partial charge >= 0.3 is 0 Å². The number of hydrogen-bond donors (Lipinski definition) is 2. The Hall–Kier alpha value is -1.27. The number of hydrogen-bond acceptors (Lipinski definition) is 3. The molecule has 0 unspecified atom stereocenters. The van der Waals surface area contributed by atoms with Crippen LogP contribution in [0.25, 0.3) is 0 Å². The van der Waals surface area contributed by atoms with E-state index in [0.29, 0.717) is 6.54 Å². The molecule has 1 fully saturated rings. The molecular formula is C17H27BrN4O. The van der Waals surface area contributed by atoms with Gasteiger partial charge in [-0.15, -0.1) is 0 Å². The van der Waals surface area contributed by atoms with Crippen LogP contribution in [-0.2, 0) is 6.54 Å². The number of halogens is 1. The van der Waals surface area contributed by atoms with Crippen molar-refractivity contribution in [2.45, 2.75) is 25.8 Å². The summed E-state index contributed by atoms with van der Waals surface area (Å²) in [6.45, 7) is 5.11. The first-order valence-corrected chi connectivity index (χ1v) is 9.01. The number of piperidine rings is 1. The molecule has 0 aromatic heterocycles. The molecule has 128 valence electrons. The van der Waals surface area contributed by atoms with Gasteiger partial charge in [0.15, 0.2) is 5.96 Å². The normalized spacial score (nSPS) is 16.2. The highest BCUT2D eigenvalue weighted by Crippen LogP contribution is 2.22. The van der Waals surface area contributed by atoms with E-state index < -0.39 is 0 Å². The van der Waals surface area contributed by atoms with Crippen molar-refractivity contribution >= 4 is 21.9 Å². The topological polar surface area (TPSA) is 48.9 Å². The van der Waals surface area contributed by atoms with Crippen LogP contribution in [0.2, 0.25) is 0 Å². The molecule has 6 heteroatoms. The summed E-state index contributed by atoms with van der Waals surface area (Å²) in [6.07, 6.45) is 4.03. The maximum absolute atomic E-state index is 5.40. The van der Waals surface area contributed by atoms with Crippen molar-refractivity contribution in [3.63, 3.8) is 0 Å². The molecule has 1 heterocycles. The van der Waals surface area contributed by atoms with E-state index in [4.69, 9.17) is 4.74 Å². The largest absolute Gasteiger partial charge is 0.496 e. The van der Waals surface area contributed by atoms with E-state index in [0.717, 1.165) is 34.8 Å². The van der Waals surface area contributed by atoms with Gasteiger partial charge in [0.2, 0.25) is 0 Å². The third-order valence-electron chi connectivity index (χ3n) is 4.08. The first-order valence-electron chi connectivity index (χ1n) is 8.22. The molecule has 0 atom stereocenters. The molecule has 1 aliphatic heterocycles. The summed E-state index contributed by atoms with van der Waals surface area (Å²) in [6, 6.07) is 6.01. The predicted molar refractivity (Wildman–Crippen MR) is 99.2 cm³/mol.